The van der Waals surface area contributed by atoms with Gasteiger partial charge in [0.25, 0.3) is 0 Å². The van der Waals surface area contributed by atoms with Crippen LogP contribution in [0.15, 0.2) is 18.3 Å². The summed E-state index contributed by atoms with van der Waals surface area (Å²) >= 11 is 0. The molecular formula is C11H19N3O. The zero-order chi connectivity index (χ0) is 11.5. The lowest BCUT2D eigenvalue weighted by Gasteiger charge is -2.35. The van der Waals surface area contributed by atoms with E-state index in [0.29, 0.717) is 6.54 Å². The minimum Gasteiger partial charge on any atom is -0.394 e. The Morgan fingerprint density at radius 2 is 2.20 bits per heavy atom. The smallest absolute Gasteiger partial charge is 0.133 e. The molecule has 0 aliphatic rings. The maximum absolute atomic E-state index is 9.29. The first kappa shape index (κ1) is 11.9. The molecular weight excluding hydrogens is 190 g/mol. The number of nitrogens with zero attached hydrogens (tertiary/aromatic N) is 2. The molecule has 0 spiro atoms. The summed E-state index contributed by atoms with van der Waals surface area (Å²) in [6, 6.07) is 3.82. The molecule has 0 atom stereocenters. The molecule has 4 nitrogen and oxygen atoms in total. The summed E-state index contributed by atoms with van der Waals surface area (Å²) < 4.78 is 0. The van der Waals surface area contributed by atoms with Crippen molar-refractivity contribution in [3.63, 3.8) is 0 Å². The van der Waals surface area contributed by atoms with Crippen LogP contribution >= 0.6 is 0 Å². The molecule has 4 heteroatoms. The van der Waals surface area contributed by atoms with Crippen LogP contribution in [-0.2, 0) is 6.54 Å². The molecule has 0 saturated heterocycles. The molecule has 15 heavy (non-hydrogen) atoms. The van der Waals surface area contributed by atoms with Gasteiger partial charge in [0.1, 0.15) is 5.82 Å². The van der Waals surface area contributed by atoms with Crippen LogP contribution in [-0.4, -0.2) is 29.3 Å². The second-order valence-electron chi connectivity index (χ2n) is 4.22. The number of pyridine rings is 1. The molecule has 84 valence electrons. The molecule has 0 aliphatic carbocycles. The van der Waals surface area contributed by atoms with Gasteiger partial charge in [0.15, 0.2) is 0 Å². The van der Waals surface area contributed by atoms with Crippen molar-refractivity contribution in [1.29, 1.82) is 0 Å². The van der Waals surface area contributed by atoms with Crippen LogP contribution in [0.1, 0.15) is 19.4 Å². The summed E-state index contributed by atoms with van der Waals surface area (Å²) in [5.74, 6) is 0.832. The van der Waals surface area contributed by atoms with E-state index in [0.717, 1.165) is 11.4 Å². The average Bonchev–Trinajstić information content (AvgIpc) is 2.28. The summed E-state index contributed by atoms with van der Waals surface area (Å²) in [7, 11) is 1.91. The Balaban J connectivity index is 3.05. The predicted molar refractivity (Wildman–Crippen MR) is 61.7 cm³/mol. The third-order valence-electron chi connectivity index (χ3n) is 2.70. The summed E-state index contributed by atoms with van der Waals surface area (Å²) in [5, 5.41) is 9.29. The number of hydrogen-bond acceptors (Lipinski definition) is 4. The molecule has 0 amide bonds. The Labute approximate surface area is 90.7 Å². The molecule has 1 heterocycles. The monoisotopic (exact) mass is 209 g/mol. The number of aromatic nitrogens is 1. The van der Waals surface area contributed by atoms with Crippen LogP contribution in [0.2, 0.25) is 0 Å². The van der Waals surface area contributed by atoms with E-state index in [1.807, 2.05) is 37.9 Å². The highest BCUT2D eigenvalue weighted by atomic mass is 16.3. The summed E-state index contributed by atoms with van der Waals surface area (Å²) in [4.78, 5) is 6.25. The van der Waals surface area contributed by atoms with E-state index < -0.39 is 0 Å². The van der Waals surface area contributed by atoms with Gasteiger partial charge >= 0.3 is 0 Å². The quantitative estimate of drug-likeness (QED) is 0.768. The van der Waals surface area contributed by atoms with Gasteiger partial charge in [0, 0.05) is 25.4 Å². The van der Waals surface area contributed by atoms with Crippen LogP contribution in [0.25, 0.3) is 0 Å². The second kappa shape index (κ2) is 4.59. The highest BCUT2D eigenvalue weighted by molar-refractivity contribution is 5.48. The molecule has 0 fully saturated rings. The van der Waals surface area contributed by atoms with E-state index in [4.69, 9.17) is 5.73 Å². The number of anilines is 1. The van der Waals surface area contributed by atoms with Crippen molar-refractivity contribution in [2.75, 3.05) is 18.6 Å². The highest BCUT2D eigenvalue weighted by Crippen LogP contribution is 2.22. The van der Waals surface area contributed by atoms with E-state index in [-0.39, 0.29) is 12.1 Å². The van der Waals surface area contributed by atoms with Gasteiger partial charge in [-0.3, -0.25) is 0 Å². The minimum absolute atomic E-state index is 0.0735. The van der Waals surface area contributed by atoms with Gasteiger partial charge in [-0.2, -0.15) is 0 Å². The molecule has 0 bridgehead atoms. The molecule has 0 aliphatic heterocycles. The van der Waals surface area contributed by atoms with Crippen molar-refractivity contribution in [3.8, 4) is 0 Å². The standard InChI is InChI=1S/C11H19N3O/c1-11(2,8-15)14(3)10-9(7-12)5-4-6-13-10/h4-6,15H,7-8,12H2,1-3H3. The maximum Gasteiger partial charge on any atom is 0.133 e. The number of nitrogens with two attached hydrogens (primary N) is 1. The topological polar surface area (TPSA) is 62.4 Å². The van der Waals surface area contributed by atoms with Gasteiger partial charge in [-0.1, -0.05) is 6.07 Å². The number of aliphatic hydroxyl groups excluding tert-OH is 1. The van der Waals surface area contributed by atoms with Crippen LogP contribution < -0.4 is 10.6 Å². The predicted octanol–water partition coefficient (Wildman–Crippen LogP) is 0.747. The number of aliphatic hydroxyl groups is 1. The highest BCUT2D eigenvalue weighted by Gasteiger charge is 2.24. The van der Waals surface area contributed by atoms with E-state index in [1.54, 1.807) is 6.20 Å². The van der Waals surface area contributed by atoms with Crippen molar-refractivity contribution in [1.82, 2.24) is 4.98 Å². The van der Waals surface area contributed by atoms with E-state index in [2.05, 4.69) is 4.98 Å². The van der Waals surface area contributed by atoms with Crippen LogP contribution in [0.3, 0.4) is 0 Å². The van der Waals surface area contributed by atoms with E-state index in [1.165, 1.54) is 0 Å². The maximum atomic E-state index is 9.29. The Kier molecular flexibility index (Phi) is 3.66. The Hall–Kier alpha value is -1.13. The van der Waals surface area contributed by atoms with Crippen molar-refractivity contribution in [3.05, 3.63) is 23.9 Å². The first-order valence-corrected chi connectivity index (χ1v) is 5.01. The lowest BCUT2D eigenvalue weighted by atomic mass is 10.0. The number of hydrogen-bond donors (Lipinski definition) is 2. The van der Waals surface area contributed by atoms with E-state index in [9.17, 15) is 5.11 Å². The Morgan fingerprint density at radius 1 is 1.53 bits per heavy atom. The summed E-state index contributed by atoms with van der Waals surface area (Å²) in [6.07, 6.45) is 1.73. The first-order valence-electron chi connectivity index (χ1n) is 5.01. The first-order chi connectivity index (χ1) is 7.03. The third-order valence-corrected chi connectivity index (χ3v) is 2.70. The molecule has 3 N–H and O–H groups in total. The largest absolute Gasteiger partial charge is 0.394 e. The lowest BCUT2D eigenvalue weighted by molar-refractivity contribution is 0.215. The fourth-order valence-corrected chi connectivity index (χ4v) is 1.28. The SMILES string of the molecule is CN(c1ncccc1CN)C(C)(C)CO. The van der Waals surface area contributed by atoms with Gasteiger partial charge in [-0.25, -0.2) is 4.98 Å². The average molecular weight is 209 g/mol. The van der Waals surface area contributed by atoms with Crippen molar-refractivity contribution < 1.29 is 5.11 Å². The third kappa shape index (κ3) is 2.46. The van der Waals surface area contributed by atoms with Gasteiger partial charge in [0.2, 0.25) is 0 Å². The van der Waals surface area contributed by atoms with Gasteiger partial charge in [-0.05, 0) is 19.9 Å². The molecule has 0 unspecified atom stereocenters. The van der Waals surface area contributed by atoms with Crippen LogP contribution in [0.5, 0.6) is 0 Å². The molecule has 1 aromatic heterocycles. The fraction of sp³-hybridized carbons (Fsp3) is 0.545. The lowest BCUT2D eigenvalue weighted by Crippen LogP contribution is -2.45. The minimum atomic E-state index is -0.335. The zero-order valence-electron chi connectivity index (χ0n) is 9.57. The Morgan fingerprint density at radius 3 is 2.73 bits per heavy atom. The van der Waals surface area contributed by atoms with Crippen LogP contribution in [0, 0.1) is 0 Å². The van der Waals surface area contributed by atoms with Gasteiger partial charge < -0.3 is 15.7 Å². The molecule has 0 saturated carbocycles. The molecule has 0 aromatic carbocycles. The van der Waals surface area contributed by atoms with Crippen molar-refractivity contribution >= 4 is 5.82 Å². The second-order valence-corrected chi connectivity index (χ2v) is 4.22. The molecule has 0 radical (unpaired) electrons. The van der Waals surface area contributed by atoms with Crippen LogP contribution in [0.4, 0.5) is 5.82 Å². The van der Waals surface area contributed by atoms with Gasteiger partial charge in [0.05, 0.1) is 12.1 Å². The number of likely N-dealkylation sites (N-methyl/N-ethyl adjacent to an activating group) is 1. The van der Waals surface area contributed by atoms with Crippen molar-refractivity contribution in [2.45, 2.75) is 25.9 Å². The zero-order valence-corrected chi connectivity index (χ0v) is 9.57. The van der Waals surface area contributed by atoms with Gasteiger partial charge in [-0.15, -0.1) is 0 Å². The fourth-order valence-electron chi connectivity index (χ4n) is 1.28. The summed E-state index contributed by atoms with van der Waals surface area (Å²) in [5.41, 5.74) is 6.30. The number of rotatable bonds is 4. The normalized spacial score (nSPS) is 11.5. The Bertz CT molecular complexity index is 325. The van der Waals surface area contributed by atoms with E-state index >= 15 is 0 Å². The van der Waals surface area contributed by atoms with Crippen molar-refractivity contribution in [2.24, 2.45) is 5.73 Å². The molecule has 1 rings (SSSR count). The summed E-state index contributed by atoms with van der Waals surface area (Å²) in [6.45, 7) is 4.45. The molecule has 1 aromatic rings.